The summed E-state index contributed by atoms with van der Waals surface area (Å²) in [6, 6.07) is 1.93. The Morgan fingerprint density at radius 3 is 2.75 bits per heavy atom. The molecule has 4 nitrogen and oxygen atoms in total. The van der Waals surface area contributed by atoms with E-state index < -0.39 is 0 Å². The first-order chi connectivity index (χ1) is 7.61. The molecule has 84 valence electrons. The highest BCUT2D eigenvalue weighted by Crippen LogP contribution is 2.18. The van der Waals surface area contributed by atoms with Crippen LogP contribution in [0.2, 0.25) is 5.02 Å². The molecule has 0 aromatic carbocycles. The van der Waals surface area contributed by atoms with E-state index in [0.717, 1.165) is 16.8 Å². The zero-order valence-corrected chi connectivity index (χ0v) is 9.86. The van der Waals surface area contributed by atoms with Gasteiger partial charge in [-0.15, -0.1) is 0 Å². The molecular weight excluding hydrogens is 226 g/mol. The molecule has 5 heteroatoms. The molecule has 1 N–H and O–H groups in total. The largest absolute Gasteiger partial charge is 0.392 e. The standard InChI is InChI=1S/C11H12ClN3O/c1-7-3-8(2)14-11(10(7)6-16)15-5-9(12)4-13-15/h3-5,16H,6H2,1-2H3. The monoisotopic (exact) mass is 237 g/mol. The summed E-state index contributed by atoms with van der Waals surface area (Å²) >= 11 is 5.81. The molecule has 2 heterocycles. The van der Waals surface area contributed by atoms with Gasteiger partial charge in [-0.1, -0.05) is 11.6 Å². The quantitative estimate of drug-likeness (QED) is 0.870. The minimum absolute atomic E-state index is 0.0636. The Labute approximate surface area is 98.5 Å². The van der Waals surface area contributed by atoms with Crippen molar-refractivity contribution in [3.8, 4) is 5.82 Å². The first-order valence-corrected chi connectivity index (χ1v) is 5.28. The molecule has 0 spiro atoms. The van der Waals surface area contributed by atoms with Gasteiger partial charge >= 0.3 is 0 Å². The van der Waals surface area contributed by atoms with E-state index in [-0.39, 0.29) is 6.61 Å². The molecule has 2 aromatic heterocycles. The summed E-state index contributed by atoms with van der Waals surface area (Å²) in [6.07, 6.45) is 3.21. The summed E-state index contributed by atoms with van der Waals surface area (Å²) < 4.78 is 1.58. The maximum atomic E-state index is 9.34. The first kappa shape index (κ1) is 11.1. The minimum Gasteiger partial charge on any atom is -0.392 e. The van der Waals surface area contributed by atoms with Gasteiger partial charge in [-0.05, 0) is 25.5 Å². The van der Waals surface area contributed by atoms with Crippen LogP contribution < -0.4 is 0 Å². The van der Waals surface area contributed by atoms with Crippen LogP contribution in [0.3, 0.4) is 0 Å². The minimum atomic E-state index is -0.0636. The fourth-order valence-electron chi connectivity index (χ4n) is 1.65. The Kier molecular flexibility index (Phi) is 2.94. The Bertz CT molecular complexity index is 522. The third-order valence-corrected chi connectivity index (χ3v) is 2.57. The number of halogens is 1. The highest BCUT2D eigenvalue weighted by molar-refractivity contribution is 6.30. The van der Waals surface area contributed by atoms with Gasteiger partial charge in [0.2, 0.25) is 0 Å². The predicted molar refractivity (Wildman–Crippen MR) is 61.8 cm³/mol. The highest BCUT2D eigenvalue weighted by atomic mass is 35.5. The van der Waals surface area contributed by atoms with Crippen LogP contribution in [0.5, 0.6) is 0 Å². The number of aliphatic hydroxyl groups excluding tert-OH is 1. The van der Waals surface area contributed by atoms with Crippen molar-refractivity contribution in [3.63, 3.8) is 0 Å². The van der Waals surface area contributed by atoms with Crippen molar-refractivity contribution in [1.82, 2.24) is 14.8 Å². The highest BCUT2D eigenvalue weighted by Gasteiger charge is 2.10. The van der Waals surface area contributed by atoms with E-state index in [1.165, 1.54) is 0 Å². The van der Waals surface area contributed by atoms with Gasteiger partial charge in [0.15, 0.2) is 5.82 Å². The zero-order valence-electron chi connectivity index (χ0n) is 9.11. The summed E-state index contributed by atoms with van der Waals surface area (Å²) in [7, 11) is 0. The van der Waals surface area contributed by atoms with E-state index in [0.29, 0.717) is 10.8 Å². The molecule has 0 aliphatic heterocycles. The average molecular weight is 238 g/mol. The second kappa shape index (κ2) is 4.23. The van der Waals surface area contributed by atoms with Gasteiger partial charge in [0.25, 0.3) is 0 Å². The van der Waals surface area contributed by atoms with Crippen molar-refractivity contribution in [2.75, 3.05) is 0 Å². The number of hydrogen-bond acceptors (Lipinski definition) is 3. The fraction of sp³-hybridized carbons (Fsp3) is 0.273. The van der Waals surface area contributed by atoms with Crippen molar-refractivity contribution in [1.29, 1.82) is 0 Å². The smallest absolute Gasteiger partial charge is 0.159 e. The number of aryl methyl sites for hydroxylation is 2. The first-order valence-electron chi connectivity index (χ1n) is 4.90. The van der Waals surface area contributed by atoms with Crippen LogP contribution in [0.4, 0.5) is 0 Å². The van der Waals surface area contributed by atoms with E-state index in [1.807, 2.05) is 19.9 Å². The van der Waals surface area contributed by atoms with Crippen molar-refractivity contribution in [2.24, 2.45) is 0 Å². The molecule has 16 heavy (non-hydrogen) atoms. The van der Waals surface area contributed by atoms with Gasteiger partial charge in [-0.3, -0.25) is 0 Å². The van der Waals surface area contributed by atoms with Crippen LogP contribution in [0, 0.1) is 13.8 Å². The molecule has 0 amide bonds. The van der Waals surface area contributed by atoms with E-state index in [2.05, 4.69) is 10.1 Å². The maximum Gasteiger partial charge on any atom is 0.159 e. The maximum absolute atomic E-state index is 9.34. The van der Waals surface area contributed by atoms with E-state index in [9.17, 15) is 5.11 Å². The van der Waals surface area contributed by atoms with Crippen LogP contribution in [0.15, 0.2) is 18.5 Å². The number of aromatic nitrogens is 3. The lowest BCUT2D eigenvalue weighted by Gasteiger charge is -2.10. The Morgan fingerprint density at radius 2 is 2.19 bits per heavy atom. The number of aliphatic hydroxyl groups is 1. The molecule has 2 aromatic rings. The summed E-state index contributed by atoms with van der Waals surface area (Å²) in [5.74, 6) is 0.631. The van der Waals surface area contributed by atoms with E-state index in [4.69, 9.17) is 11.6 Å². The number of rotatable bonds is 2. The Balaban J connectivity index is 2.63. The normalized spacial score (nSPS) is 10.8. The number of hydrogen-bond donors (Lipinski definition) is 1. The van der Waals surface area contributed by atoms with Crippen LogP contribution in [0.25, 0.3) is 5.82 Å². The van der Waals surface area contributed by atoms with Crippen LogP contribution in [-0.4, -0.2) is 19.9 Å². The van der Waals surface area contributed by atoms with Crippen molar-refractivity contribution in [3.05, 3.63) is 40.3 Å². The number of nitrogens with zero attached hydrogens (tertiary/aromatic N) is 3. The number of pyridine rings is 1. The molecule has 0 saturated heterocycles. The molecule has 0 radical (unpaired) electrons. The van der Waals surface area contributed by atoms with Crippen LogP contribution in [-0.2, 0) is 6.61 Å². The fourth-order valence-corrected chi connectivity index (χ4v) is 1.78. The molecule has 0 aliphatic carbocycles. The lowest BCUT2D eigenvalue weighted by molar-refractivity contribution is 0.280. The van der Waals surface area contributed by atoms with Gasteiger partial charge in [0.1, 0.15) is 0 Å². The summed E-state index contributed by atoms with van der Waals surface area (Å²) in [4.78, 5) is 4.37. The molecule has 0 aliphatic rings. The Hall–Kier alpha value is -1.39. The molecule has 0 fully saturated rings. The zero-order chi connectivity index (χ0) is 11.7. The van der Waals surface area contributed by atoms with E-state index >= 15 is 0 Å². The molecule has 0 unspecified atom stereocenters. The van der Waals surface area contributed by atoms with Gasteiger partial charge < -0.3 is 5.11 Å². The molecule has 0 bridgehead atoms. The average Bonchev–Trinajstić information content (AvgIpc) is 2.63. The van der Waals surface area contributed by atoms with Gasteiger partial charge in [-0.25, -0.2) is 9.67 Å². The lowest BCUT2D eigenvalue weighted by atomic mass is 10.1. The van der Waals surface area contributed by atoms with Gasteiger partial charge in [0, 0.05) is 11.3 Å². The molecule has 2 rings (SSSR count). The van der Waals surface area contributed by atoms with Crippen LogP contribution in [0.1, 0.15) is 16.8 Å². The van der Waals surface area contributed by atoms with Crippen molar-refractivity contribution in [2.45, 2.75) is 20.5 Å². The van der Waals surface area contributed by atoms with Gasteiger partial charge in [-0.2, -0.15) is 5.10 Å². The summed E-state index contributed by atoms with van der Waals surface area (Å²) in [6.45, 7) is 3.78. The van der Waals surface area contributed by atoms with Gasteiger partial charge in [0.05, 0.1) is 24.0 Å². The molecule has 0 saturated carbocycles. The molecular formula is C11H12ClN3O. The van der Waals surface area contributed by atoms with Crippen molar-refractivity contribution >= 4 is 11.6 Å². The second-order valence-electron chi connectivity index (χ2n) is 3.64. The molecule has 0 atom stereocenters. The van der Waals surface area contributed by atoms with Crippen molar-refractivity contribution < 1.29 is 5.11 Å². The second-order valence-corrected chi connectivity index (χ2v) is 4.08. The predicted octanol–water partition coefficient (Wildman–Crippen LogP) is 2.03. The van der Waals surface area contributed by atoms with Crippen LogP contribution >= 0.6 is 11.6 Å². The third kappa shape index (κ3) is 1.94. The summed E-state index contributed by atoms with van der Waals surface area (Å²) in [5.41, 5.74) is 2.65. The summed E-state index contributed by atoms with van der Waals surface area (Å²) in [5, 5.41) is 14.0. The Morgan fingerprint density at radius 1 is 1.44 bits per heavy atom. The van der Waals surface area contributed by atoms with E-state index in [1.54, 1.807) is 17.1 Å². The topological polar surface area (TPSA) is 50.9 Å². The lowest BCUT2D eigenvalue weighted by Crippen LogP contribution is -2.06. The SMILES string of the molecule is Cc1cc(C)c(CO)c(-n2cc(Cl)cn2)n1. The third-order valence-electron chi connectivity index (χ3n) is 2.38.